The fourth-order valence-corrected chi connectivity index (χ4v) is 2.88. The van der Waals surface area contributed by atoms with Crippen LogP contribution in [0.5, 0.6) is 0 Å². The number of ether oxygens (including phenoxy) is 1. The highest BCUT2D eigenvalue weighted by Gasteiger charge is 2.43. The predicted molar refractivity (Wildman–Crippen MR) is 75.6 cm³/mol. The third-order valence-corrected chi connectivity index (χ3v) is 4.44. The van der Waals surface area contributed by atoms with E-state index in [1.165, 1.54) is 18.9 Å². The highest BCUT2D eigenvalue weighted by atomic mass is 32.2. The van der Waals surface area contributed by atoms with E-state index in [0.717, 1.165) is 11.8 Å². The first-order valence-corrected chi connectivity index (χ1v) is 7.51. The molecule has 0 saturated carbocycles. The molecule has 0 aromatic rings. The standard InChI is InChI=1S/C13H19NO6S/c1-7(6-21-8(2)15)11(16)14-5-9(13(19)20-3)4-10(14)12(17)18/h7,9-10H,4-6H2,1-3H3,(H,17,18)/t7-,9?,10+/m1/s1. The van der Waals surface area contributed by atoms with Crippen molar-refractivity contribution in [1.29, 1.82) is 0 Å². The summed E-state index contributed by atoms with van der Waals surface area (Å²) < 4.78 is 4.61. The van der Waals surface area contributed by atoms with Gasteiger partial charge in [0, 0.05) is 25.1 Å². The highest BCUT2D eigenvalue weighted by molar-refractivity contribution is 8.13. The number of carboxylic acids is 1. The van der Waals surface area contributed by atoms with Gasteiger partial charge in [-0.05, 0) is 6.42 Å². The molecule has 1 aliphatic rings. The van der Waals surface area contributed by atoms with Crippen molar-refractivity contribution in [2.24, 2.45) is 11.8 Å². The normalized spacial score (nSPS) is 22.7. The first kappa shape index (κ1) is 17.5. The molecule has 1 N–H and O–H groups in total. The van der Waals surface area contributed by atoms with E-state index in [1.54, 1.807) is 6.92 Å². The van der Waals surface area contributed by atoms with Crippen molar-refractivity contribution in [2.75, 3.05) is 19.4 Å². The number of methoxy groups -OCH3 is 1. The van der Waals surface area contributed by atoms with Crippen LogP contribution >= 0.6 is 11.8 Å². The number of aliphatic carboxylic acids is 1. The lowest BCUT2D eigenvalue weighted by molar-refractivity contribution is -0.149. The van der Waals surface area contributed by atoms with Crippen LogP contribution in [0.2, 0.25) is 0 Å². The van der Waals surface area contributed by atoms with Crippen molar-refractivity contribution < 1.29 is 29.0 Å². The second-order valence-corrected chi connectivity index (χ2v) is 6.20. The number of carbonyl (C=O) groups excluding carboxylic acids is 3. The smallest absolute Gasteiger partial charge is 0.326 e. The molecule has 0 aromatic heterocycles. The summed E-state index contributed by atoms with van der Waals surface area (Å²) in [6.07, 6.45) is 0.0559. The quantitative estimate of drug-likeness (QED) is 0.731. The van der Waals surface area contributed by atoms with Gasteiger partial charge in [0.1, 0.15) is 6.04 Å². The molecule has 1 rings (SSSR count). The van der Waals surface area contributed by atoms with Gasteiger partial charge in [-0.3, -0.25) is 14.4 Å². The van der Waals surface area contributed by atoms with E-state index in [1.807, 2.05) is 0 Å². The van der Waals surface area contributed by atoms with Crippen LogP contribution in [0, 0.1) is 11.8 Å². The van der Waals surface area contributed by atoms with Crippen molar-refractivity contribution in [3.63, 3.8) is 0 Å². The molecule has 1 saturated heterocycles. The Morgan fingerprint density at radius 2 is 2.00 bits per heavy atom. The summed E-state index contributed by atoms with van der Waals surface area (Å²) in [7, 11) is 1.23. The second kappa shape index (κ2) is 7.44. The molecule has 0 spiro atoms. The summed E-state index contributed by atoms with van der Waals surface area (Å²) >= 11 is 1.02. The van der Waals surface area contributed by atoms with Crippen LogP contribution in [0.1, 0.15) is 20.3 Å². The van der Waals surface area contributed by atoms with Crippen LogP contribution < -0.4 is 0 Å². The molecule has 8 heteroatoms. The highest BCUT2D eigenvalue weighted by Crippen LogP contribution is 2.27. The summed E-state index contributed by atoms with van der Waals surface area (Å²) in [5.41, 5.74) is 0. The molecular formula is C13H19NO6S. The van der Waals surface area contributed by atoms with Crippen LogP contribution in [0.4, 0.5) is 0 Å². The van der Waals surface area contributed by atoms with Gasteiger partial charge >= 0.3 is 11.9 Å². The summed E-state index contributed by atoms with van der Waals surface area (Å²) in [5.74, 6) is -2.82. The average molecular weight is 317 g/mol. The van der Waals surface area contributed by atoms with Gasteiger partial charge in [0.25, 0.3) is 0 Å². The average Bonchev–Trinajstić information content (AvgIpc) is 2.88. The third kappa shape index (κ3) is 4.45. The van der Waals surface area contributed by atoms with E-state index < -0.39 is 29.8 Å². The number of hydrogen-bond acceptors (Lipinski definition) is 6. The largest absolute Gasteiger partial charge is 0.480 e. The zero-order valence-electron chi connectivity index (χ0n) is 12.2. The Labute approximate surface area is 127 Å². The summed E-state index contributed by atoms with van der Waals surface area (Å²) in [4.78, 5) is 47.2. The maximum atomic E-state index is 12.3. The lowest BCUT2D eigenvalue weighted by Crippen LogP contribution is -2.43. The molecule has 3 atom stereocenters. The zero-order chi connectivity index (χ0) is 16.2. The predicted octanol–water partition coefficient (Wildman–Crippen LogP) is 0.377. The van der Waals surface area contributed by atoms with E-state index in [4.69, 9.17) is 0 Å². The maximum absolute atomic E-state index is 12.3. The van der Waals surface area contributed by atoms with E-state index >= 15 is 0 Å². The van der Waals surface area contributed by atoms with Crippen molar-refractivity contribution in [1.82, 2.24) is 4.90 Å². The van der Waals surface area contributed by atoms with Gasteiger partial charge in [-0.2, -0.15) is 0 Å². The van der Waals surface area contributed by atoms with Gasteiger partial charge in [-0.1, -0.05) is 18.7 Å². The van der Waals surface area contributed by atoms with E-state index in [-0.39, 0.29) is 24.0 Å². The fraction of sp³-hybridized carbons (Fsp3) is 0.692. The van der Waals surface area contributed by atoms with Crippen LogP contribution in [0.15, 0.2) is 0 Å². The summed E-state index contributed by atoms with van der Waals surface area (Å²) in [6.45, 7) is 3.09. The van der Waals surface area contributed by atoms with Crippen molar-refractivity contribution in [3.8, 4) is 0 Å². The molecule has 1 amide bonds. The van der Waals surface area contributed by atoms with E-state index in [0.29, 0.717) is 5.75 Å². The van der Waals surface area contributed by atoms with Crippen molar-refractivity contribution in [2.45, 2.75) is 26.3 Å². The molecule has 1 heterocycles. The monoisotopic (exact) mass is 317 g/mol. The molecule has 1 unspecified atom stereocenters. The van der Waals surface area contributed by atoms with E-state index in [2.05, 4.69) is 4.74 Å². The Morgan fingerprint density at radius 3 is 2.48 bits per heavy atom. The molecule has 7 nitrogen and oxygen atoms in total. The fourth-order valence-electron chi connectivity index (χ4n) is 2.25. The number of thioether (sulfide) groups is 1. The van der Waals surface area contributed by atoms with Gasteiger partial charge in [0.2, 0.25) is 5.91 Å². The third-order valence-electron chi connectivity index (χ3n) is 3.36. The first-order chi connectivity index (χ1) is 9.77. The number of rotatable bonds is 5. The van der Waals surface area contributed by atoms with Crippen molar-refractivity contribution in [3.05, 3.63) is 0 Å². The Bertz CT molecular complexity index is 452. The number of carboxylic acid groups (broad SMARTS) is 1. The minimum Gasteiger partial charge on any atom is -0.480 e. The molecule has 0 aromatic carbocycles. The topological polar surface area (TPSA) is 101 Å². The Balaban J connectivity index is 2.77. The lowest BCUT2D eigenvalue weighted by Gasteiger charge is -2.24. The Hall–Kier alpha value is -1.57. The second-order valence-electron chi connectivity index (χ2n) is 5.00. The molecule has 0 radical (unpaired) electrons. The van der Waals surface area contributed by atoms with Crippen LogP contribution in [0.3, 0.4) is 0 Å². The summed E-state index contributed by atoms with van der Waals surface area (Å²) in [5, 5.41) is 9.10. The number of likely N-dealkylation sites (tertiary alicyclic amines) is 1. The Kier molecular flexibility index (Phi) is 6.19. The molecule has 0 bridgehead atoms. The number of hydrogen-bond donors (Lipinski definition) is 1. The molecule has 1 aliphatic heterocycles. The number of nitrogens with zero attached hydrogens (tertiary/aromatic N) is 1. The van der Waals surface area contributed by atoms with Gasteiger partial charge in [0.05, 0.1) is 13.0 Å². The van der Waals surface area contributed by atoms with Crippen LogP contribution in [0.25, 0.3) is 0 Å². The van der Waals surface area contributed by atoms with Gasteiger partial charge < -0.3 is 14.7 Å². The minimum atomic E-state index is -1.14. The molecule has 0 aliphatic carbocycles. The van der Waals surface area contributed by atoms with Gasteiger partial charge in [-0.25, -0.2) is 4.79 Å². The number of amides is 1. The van der Waals surface area contributed by atoms with E-state index in [9.17, 15) is 24.3 Å². The summed E-state index contributed by atoms with van der Waals surface area (Å²) in [6, 6.07) is -1.02. The molecule has 118 valence electrons. The van der Waals surface area contributed by atoms with Gasteiger partial charge in [-0.15, -0.1) is 0 Å². The SMILES string of the molecule is COC(=O)C1C[C@@H](C(=O)O)N(C(=O)[C@H](C)CSC(C)=O)C1. The lowest BCUT2D eigenvalue weighted by atomic mass is 10.1. The van der Waals surface area contributed by atoms with Crippen LogP contribution in [-0.2, 0) is 23.9 Å². The number of carbonyl (C=O) groups is 4. The zero-order valence-corrected chi connectivity index (χ0v) is 13.0. The first-order valence-electron chi connectivity index (χ1n) is 6.52. The van der Waals surface area contributed by atoms with Gasteiger partial charge in [0.15, 0.2) is 5.12 Å². The Morgan fingerprint density at radius 1 is 1.38 bits per heavy atom. The maximum Gasteiger partial charge on any atom is 0.326 e. The van der Waals surface area contributed by atoms with Crippen molar-refractivity contribution >= 4 is 34.7 Å². The van der Waals surface area contributed by atoms with Crippen LogP contribution in [-0.4, -0.2) is 58.4 Å². The molecule has 1 fully saturated rings. The molecular weight excluding hydrogens is 298 g/mol. The number of esters is 1. The minimum absolute atomic E-state index is 0.0392. The molecule has 21 heavy (non-hydrogen) atoms.